The van der Waals surface area contributed by atoms with E-state index in [-0.39, 0.29) is 17.1 Å². The van der Waals surface area contributed by atoms with Crippen molar-refractivity contribution in [2.75, 3.05) is 6.61 Å². The van der Waals surface area contributed by atoms with Crippen LogP contribution in [-0.4, -0.2) is 12.4 Å². The lowest BCUT2D eigenvalue weighted by Crippen LogP contribution is -2.14. The maximum Gasteiger partial charge on any atom is 0.200 e. The van der Waals surface area contributed by atoms with Gasteiger partial charge in [-0.05, 0) is 30.8 Å². The number of ketones is 1. The van der Waals surface area contributed by atoms with E-state index in [1.807, 2.05) is 6.08 Å². The van der Waals surface area contributed by atoms with Crippen LogP contribution < -0.4 is 0 Å². The average molecular weight is 180 g/mol. The van der Waals surface area contributed by atoms with E-state index in [4.69, 9.17) is 4.74 Å². The first-order chi connectivity index (χ1) is 6.11. The molecule has 0 N–H and O–H groups in total. The van der Waals surface area contributed by atoms with Gasteiger partial charge in [-0.15, -0.1) is 0 Å². The lowest BCUT2D eigenvalue weighted by atomic mass is 10.0. The lowest BCUT2D eigenvalue weighted by molar-refractivity contribution is -0.121. The van der Waals surface area contributed by atoms with Gasteiger partial charge in [0.1, 0.15) is 0 Å². The molecule has 0 radical (unpaired) electrons. The van der Waals surface area contributed by atoms with Crippen LogP contribution in [0.4, 0.5) is 0 Å². The monoisotopic (exact) mass is 180 g/mol. The molecule has 2 nitrogen and oxygen atoms in total. The quantitative estimate of drug-likeness (QED) is 0.651. The Balaban J connectivity index is 2.02. The van der Waals surface area contributed by atoms with E-state index in [0.717, 1.165) is 19.3 Å². The third kappa shape index (κ3) is 1.62. The van der Waals surface area contributed by atoms with Crippen molar-refractivity contribution in [3.63, 3.8) is 0 Å². The second-order valence-electron chi connectivity index (χ2n) is 4.67. The lowest BCUT2D eigenvalue weighted by Gasteiger charge is -2.14. The van der Waals surface area contributed by atoms with E-state index in [1.165, 1.54) is 0 Å². The maximum atomic E-state index is 11.8. The fraction of sp³-hybridized carbons (Fsp3) is 0.727. The first-order valence-corrected chi connectivity index (χ1v) is 4.98. The SMILES string of the molecule is CC1(C)CC1C(=O)C1=CCCCO1. The van der Waals surface area contributed by atoms with Gasteiger partial charge in [-0.2, -0.15) is 0 Å². The Bertz CT molecular complexity index is 263. The number of carbonyl (C=O) groups is 1. The molecule has 1 fully saturated rings. The van der Waals surface area contributed by atoms with Gasteiger partial charge in [0, 0.05) is 5.92 Å². The Hall–Kier alpha value is -0.790. The van der Waals surface area contributed by atoms with Crippen LogP contribution in [0.3, 0.4) is 0 Å². The van der Waals surface area contributed by atoms with Crippen molar-refractivity contribution in [1.82, 2.24) is 0 Å². The Morgan fingerprint density at radius 3 is 2.77 bits per heavy atom. The molecule has 1 atom stereocenters. The molecule has 0 spiro atoms. The fourth-order valence-corrected chi connectivity index (χ4v) is 1.82. The van der Waals surface area contributed by atoms with Crippen LogP contribution in [0.1, 0.15) is 33.1 Å². The van der Waals surface area contributed by atoms with Crippen LogP contribution in [0.15, 0.2) is 11.8 Å². The van der Waals surface area contributed by atoms with Gasteiger partial charge >= 0.3 is 0 Å². The van der Waals surface area contributed by atoms with Crippen molar-refractivity contribution in [3.05, 3.63) is 11.8 Å². The molecule has 1 heterocycles. The third-order valence-corrected chi connectivity index (χ3v) is 3.01. The molecule has 1 saturated carbocycles. The Morgan fingerprint density at radius 1 is 1.62 bits per heavy atom. The zero-order valence-corrected chi connectivity index (χ0v) is 8.30. The smallest absolute Gasteiger partial charge is 0.200 e. The number of carbonyl (C=O) groups excluding carboxylic acids is 1. The maximum absolute atomic E-state index is 11.8. The van der Waals surface area contributed by atoms with E-state index < -0.39 is 0 Å². The van der Waals surface area contributed by atoms with Crippen molar-refractivity contribution < 1.29 is 9.53 Å². The van der Waals surface area contributed by atoms with Gasteiger partial charge in [-0.1, -0.05) is 13.8 Å². The summed E-state index contributed by atoms with van der Waals surface area (Å²) in [6, 6.07) is 0. The number of rotatable bonds is 2. The first-order valence-electron chi connectivity index (χ1n) is 4.98. The average Bonchev–Trinajstić information content (AvgIpc) is 2.76. The minimum absolute atomic E-state index is 0.219. The molecule has 2 rings (SSSR count). The summed E-state index contributed by atoms with van der Waals surface area (Å²) in [4.78, 5) is 11.8. The van der Waals surface area contributed by atoms with E-state index in [0.29, 0.717) is 12.4 Å². The van der Waals surface area contributed by atoms with Crippen LogP contribution in [-0.2, 0) is 9.53 Å². The largest absolute Gasteiger partial charge is 0.490 e. The van der Waals surface area contributed by atoms with Crippen molar-refractivity contribution in [1.29, 1.82) is 0 Å². The molecule has 13 heavy (non-hydrogen) atoms. The highest BCUT2D eigenvalue weighted by Crippen LogP contribution is 2.53. The van der Waals surface area contributed by atoms with Gasteiger partial charge in [0.2, 0.25) is 5.78 Å². The van der Waals surface area contributed by atoms with Gasteiger partial charge in [-0.25, -0.2) is 0 Å². The normalized spacial score (nSPS) is 30.3. The molecule has 0 aromatic heterocycles. The summed E-state index contributed by atoms with van der Waals surface area (Å²) in [5.74, 6) is 1.07. The summed E-state index contributed by atoms with van der Waals surface area (Å²) < 4.78 is 5.35. The van der Waals surface area contributed by atoms with Gasteiger partial charge < -0.3 is 4.74 Å². The Labute approximate surface area is 79.0 Å². The van der Waals surface area contributed by atoms with Crippen LogP contribution in [0, 0.1) is 11.3 Å². The molecule has 1 aliphatic heterocycles. The summed E-state index contributed by atoms with van der Waals surface area (Å²) in [5, 5.41) is 0. The van der Waals surface area contributed by atoms with Gasteiger partial charge in [0.15, 0.2) is 5.76 Å². The summed E-state index contributed by atoms with van der Waals surface area (Å²) in [7, 11) is 0. The molecule has 72 valence electrons. The summed E-state index contributed by atoms with van der Waals surface area (Å²) in [6.45, 7) is 4.99. The molecule has 1 unspecified atom stereocenters. The molecule has 0 amide bonds. The second kappa shape index (κ2) is 2.86. The minimum Gasteiger partial charge on any atom is -0.490 e. The number of hydrogen-bond donors (Lipinski definition) is 0. The molecule has 0 bridgehead atoms. The van der Waals surface area contributed by atoms with E-state index in [1.54, 1.807) is 0 Å². The van der Waals surface area contributed by atoms with E-state index in [2.05, 4.69) is 13.8 Å². The molecule has 1 aliphatic carbocycles. The van der Waals surface area contributed by atoms with Crippen molar-refractivity contribution in [2.45, 2.75) is 33.1 Å². The summed E-state index contributed by atoms with van der Waals surface area (Å²) in [5.41, 5.74) is 0.221. The summed E-state index contributed by atoms with van der Waals surface area (Å²) in [6.07, 6.45) is 5.01. The molecule has 0 aromatic carbocycles. The molecule has 0 saturated heterocycles. The van der Waals surface area contributed by atoms with Crippen LogP contribution in [0.25, 0.3) is 0 Å². The molecule has 2 aliphatic rings. The van der Waals surface area contributed by atoms with Crippen molar-refractivity contribution in [3.8, 4) is 0 Å². The zero-order chi connectivity index (χ0) is 9.47. The highest BCUT2D eigenvalue weighted by atomic mass is 16.5. The van der Waals surface area contributed by atoms with Gasteiger partial charge in [0.05, 0.1) is 6.61 Å². The van der Waals surface area contributed by atoms with E-state index in [9.17, 15) is 4.79 Å². The standard InChI is InChI=1S/C11H16O2/c1-11(2)7-8(11)10(12)9-5-3-4-6-13-9/h5,8H,3-4,6-7H2,1-2H3. The van der Waals surface area contributed by atoms with Crippen LogP contribution in [0.2, 0.25) is 0 Å². The van der Waals surface area contributed by atoms with Crippen molar-refractivity contribution in [2.24, 2.45) is 11.3 Å². The number of allylic oxidation sites excluding steroid dienone is 2. The van der Waals surface area contributed by atoms with E-state index >= 15 is 0 Å². The molecule has 2 heteroatoms. The second-order valence-corrected chi connectivity index (χ2v) is 4.67. The Morgan fingerprint density at radius 2 is 2.31 bits per heavy atom. The Kier molecular flexibility index (Phi) is 1.94. The van der Waals surface area contributed by atoms with Gasteiger partial charge in [0.25, 0.3) is 0 Å². The molecular formula is C11H16O2. The highest BCUT2D eigenvalue weighted by molar-refractivity contribution is 5.97. The summed E-state index contributed by atoms with van der Waals surface area (Å²) >= 11 is 0. The first kappa shape index (κ1) is 8.79. The zero-order valence-electron chi connectivity index (χ0n) is 8.30. The van der Waals surface area contributed by atoms with Crippen LogP contribution in [0.5, 0.6) is 0 Å². The predicted molar refractivity (Wildman–Crippen MR) is 50.2 cm³/mol. The number of Topliss-reactive ketones (excluding diaryl/α,β-unsaturated/α-hetero) is 1. The number of ether oxygens (including phenoxy) is 1. The topological polar surface area (TPSA) is 26.3 Å². The third-order valence-electron chi connectivity index (χ3n) is 3.01. The molecule has 0 aromatic rings. The highest BCUT2D eigenvalue weighted by Gasteiger charge is 2.51. The minimum atomic E-state index is 0.219. The van der Waals surface area contributed by atoms with Crippen LogP contribution >= 0.6 is 0 Å². The molecular weight excluding hydrogens is 164 g/mol. The fourth-order valence-electron chi connectivity index (χ4n) is 1.82. The number of hydrogen-bond acceptors (Lipinski definition) is 2. The van der Waals surface area contributed by atoms with Gasteiger partial charge in [-0.3, -0.25) is 4.79 Å². The predicted octanol–water partition coefficient (Wildman–Crippen LogP) is 2.30. The van der Waals surface area contributed by atoms with Crippen molar-refractivity contribution >= 4 is 5.78 Å².